The van der Waals surface area contributed by atoms with Crippen molar-refractivity contribution in [3.63, 3.8) is 0 Å². The van der Waals surface area contributed by atoms with E-state index < -0.39 is 0 Å². The molecule has 1 aromatic heterocycles. The summed E-state index contributed by atoms with van der Waals surface area (Å²) in [5, 5.41) is 3.67. The minimum Gasteiger partial charge on any atom is -0.423 e. The van der Waals surface area contributed by atoms with Crippen LogP contribution in [0.5, 0.6) is 0 Å². The highest BCUT2D eigenvalue weighted by Gasteiger charge is 2.07. The summed E-state index contributed by atoms with van der Waals surface area (Å²) in [6.45, 7) is 1.48. The van der Waals surface area contributed by atoms with Crippen LogP contribution in [0.4, 0.5) is 5.69 Å². The van der Waals surface area contributed by atoms with Gasteiger partial charge in [0.15, 0.2) is 0 Å². The number of carbonyl (C=O) groups is 1. The van der Waals surface area contributed by atoms with E-state index in [0.717, 1.165) is 26.0 Å². The maximum atomic E-state index is 11.7. The number of carbonyl (C=O) groups excluding carboxylic acids is 1. The zero-order valence-electron chi connectivity index (χ0n) is 12.8. The fourth-order valence-corrected chi connectivity index (χ4v) is 3.55. The Bertz CT molecular complexity index is 951. The van der Waals surface area contributed by atoms with Crippen molar-refractivity contribution in [1.82, 2.24) is 0 Å². The summed E-state index contributed by atoms with van der Waals surface area (Å²) in [7, 11) is 0. The molecule has 6 heteroatoms. The molecule has 0 unspecified atom stereocenters. The second kappa shape index (κ2) is 7.23. The average Bonchev–Trinajstić information content (AvgIpc) is 2.52. The molecule has 0 atom stereocenters. The quantitative estimate of drug-likeness (QED) is 0.501. The molecule has 1 amide bonds. The highest BCUT2D eigenvalue weighted by atomic mass is 79.9. The molecule has 0 saturated carbocycles. The van der Waals surface area contributed by atoms with Crippen molar-refractivity contribution < 1.29 is 9.21 Å². The molecule has 3 aromatic rings. The number of hydrogen-bond acceptors (Lipinski definition) is 4. The molecule has 122 valence electrons. The summed E-state index contributed by atoms with van der Waals surface area (Å²) >= 11 is 5.01. The van der Waals surface area contributed by atoms with Crippen LogP contribution in [0.25, 0.3) is 11.0 Å². The summed E-state index contributed by atoms with van der Waals surface area (Å²) in [4.78, 5) is 23.8. The number of benzene rings is 2. The van der Waals surface area contributed by atoms with Crippen LogP contribution in [-0.2, 0) is 10.5 Å². The van der Waals surface area contributed by atoms with Crippen LogP contribution >= 0.6 is 27.7 Å². The fourth-order valence-electron chi connectivity index (χ4n) is 2.32. The second-order valence-electron chi connectivity index (χ2n) is 5.23. The molecule has 2 aromatic carbocycles. The summed E-state index contributed by atoms with van der Waals surface area (Å²) in [5.41, 5.74) is 1.93. The molecule has 0 radical (unpaired) electrons. The van der Waals surface area contributed by atoms with Gasteiger partial charge in [-0.2, -0.15) is 0 Å². The minimum atomic E-state index is -0.350. The van der Waals surface area contributed by atoms with Gasteiger partial charge in [-0.15, -0.1) is 11.8 Å². The van der Waals surface area contributed by atoms with Crippen molar-refractivity contribution in [1.29, 1.82) is 0 Å². The Morgan fingerprint density at radius 2 is 1.92 bits per heavy atom. The predicted octanol–water partition coefficient (Wildman–Crippen LogP) is 4.81. The molecule has 3 rings (SSSR count). The lowest BCUT2D eigenvalue weighted by atomic mass is 10.1. The lowest BCUT2D eigenvalue weighted by Crippen LogP contribution is -2.05. The first-order valence-corrected chi connectivity index (χ1v) is 9.02. The third-order valence-corrected chi connectivity index (χ3v) is 4.92. The number of hydrogen-bond donors (Lipinski definition) is 1. The maximum absolute atomic E-state index is 11.7. The number of amides is 1. The first-order chi connectivity index (χ1) is 11.5. The maximum Gasteiger partial charge on any atom is 0.336 e. The molecule has 0 aliphatic rings. The van der Waals surface area contributed by atoms with Crippen LogP contribution < -0.4 is 10.9 Å². The Labute approximate surface area is 151 Å². The van der Waals surface area contributed by atoms with E-state index in [1.165, 1.54) is 13.0 Å². The highest BCUT2D eigenvalue weighted by Crippen LogP contribution is 2.28. The molecule has 0 aliphatic carbocycles. The van der Waals surface area contributed by atoms with Gasteiger partial charge in [0.25, 0.3) is 0 Å². The lowest BCUT2D eigenvalue weighted by molar-refractivity contribution is -0.114. The molecule has 0 bridgehead atoms. The van der Waals surface area contributed by atoms with E-state index in [9.17, 15) is 9.59 Å². The van der Waals surface area contributed by atoms with E-state index >= 15 is 0 Å². The van der Waals surface area contributed by atoms with E-state index in [0.29, 0.717) is 11.3 Å². The number of anilines is 1. The molecule has 1 N–H and O–H groups in total. The first-order valence-electron chi connectivity index (χ1n) is 7.24. The van der Waals surface area contributed by atoms with E-state index in [2.05, 4.69) is 21.2 Å². The van der Waals surface area contributed by atoms with Gasteiger partial charge in [-0.3, -0.25) is 4.79 Å². The molecular weight excluding hydrogens is 390 g/mol. The van der Waals surface area contributed by atoms with Gasteiger partial charge in [0, 0.05) is 39.2 Å². The zero-order valence-corrected chi connectivity index (χ0v) is 15.2. The Kier molecular flexibility index (Phi) is 5.06. The predicted molar refractivity (Wildman–Crippen MR) is 100 cm³/mol. The molecule has 24 heavy (non-hydrogen) atoms. The molecule has 1 heterocycles. The normalized spacial score (nSPS) is 10.8. The Morgan fingerprint density at radius 1 is 1.17 bits per heavy atom. The highest BCUT2D eigenvalue weighted by molar-refractivity contribution is 9.10. The van der Waals surface area contributed by atoms with Gasteiger partial charge >= 0.3 is 5.63 Å². The summed E-state index contributed by atoms with van der Waals surface area (Å²) < 4.78 is 6.12. The van der Waals surface area contributed by atoms with Gasteiger partial charge in [0.05, 0.1) is 0 Å². The van der Waals surface area contributed by atoms with Crippen molar-refractivity contribution in [2.24, 2.45) is 0 Å². The van der Waals surface area contributed by atoms with Crippen molar-refractivity contribution in [3.8, 4) is 0 Å². The van der Waals surface area contributed by atoms with Crippen LogP contribution in [0.2, 0.25) is 0 Å². The number of nitrogens with one attached hydrogen (secondary N) is 1. The SMILES string of the molecule is CC(=O)Nc1ccc(SCc2cc(=O)oc3cc(Br)ccc23)cc1. The summed E-state index contributed by atoms with van der Waals surface area (Å²) in [6, 6.07) is 14.8. The third-order valence-electron chi connectivity index (χ3n) is 3.36. The molecule has 0 fully saturated rings. The van der Waals surface area contributed by atoms with Crippen molar-refractivity contribution >= 4 is 50.3 Å². The van der Waals surface area contributed by atoms with Crippen LogP contribution in [-0.4, -0.2) is 5.91 Å². The second-order valence-corrected chi connectivity index (χ2v) is 7.19. The summed E-state index contributed by atoms with van der Waals surface area (Å²) in [5.74, 6) is 0.562. The Balaban J connectivity index is 1.80. The average molecular weight is 404 g/mol. The van der Waals surface area contributed by atoms with Gasteiger partial charge in [-0.05, 0) is 48.0 Å². The molecule has 0 aliphatic heterocycles. The topological polar surface area (TPSA) is 59.3 Å². The fraction of sp³-hybridized carbons (Fsp3) is 0.111. The number of fused-ring (bicyclic) bond motifs is 1. The number of halogens is 1. The smallest absolute Gasteiger partial charge is 0.336 e. The van der Waals surface area contributed by atoms with E-state index in [4.69, 9.17) is 4.42 Å². The Morgan fingerprint density at radius 3 is 2.62 bits per heavy atom. The van der Waals surface area contributed by atoms with Crippen LogP contribution in [0, 0.1) is 0 Å². The molecular formula is C18H14BrNO3S. The lowest BCUT2D eigenvalue weighted by Gasteiger charge is -2.07. The van der Waals surface area contributed by atoms with Crippen LogP contribution in [0.1, 0.15) is 12.5 Å². The van der Waals surface area contributed by atoms with Crippen molar-refractivity contribution in [2.45, 2.75) is 17.6 Å². The zero-order chi connectivity index (χ0) is 17.1. The standard InChI is InChI=1S/C18H14BrNO3S/c1-11(21)20-14-3-5-15(6-4-14)24-10-12-8-18(22)23-17-9-13(19)2-7-16(12)17/h2-9H,10H2,1H3,(H,20,21). The molecule has 0 saturated heterocycles. The first kappa shape index (κ1) is 16.8. The van der Waals surface area contributed by atoms with Gasteiger partial charge in [0.1, 0.15) is 5.58 Å². The van der Waals surface area contributed by atoms with E-state index in [-0.39, 0.29) is 11.5 Å². The van der Waals surface area contributed by atoms with Crippen molar-refractivity contribution in [2.75, 3.05) is 5.32 Å². The van der Waals surface area contributed by atoms with E-state index in [1.54, 1.807) is 17.8 Å². The van der Waals surface area contributed by atoms with Gasteiger partial charge < -0.3 is 9.73 Å². The minimum absolute atomic E-state index is 0.0935. The van der Waals surface area contributed by atoms with Gasteiger partial charge in [-0.25, -0.2) is 4.79 Å². The Hall–Kier alpha value is -2.05. The summed E-state index contributed by atoms with van der Waals surface area (Å²) in [6.07, 6.45) is 0. The van der Waals surface area contributed by atoms with Crippen LogP contribution in [0.3, 0.4) is 0 Å². The van der Waals surface area contributed by atoms with Crippen molar-refractivity contribution in [3.05, 3.63) is 69.0 Å². The van der Waals surface area contributed by atoms with Crippen LogP contribution in [0.15, 0.2) is 67.1 Å². The molecule has 0 spiro atoms. The molecule has 4 nitrogen and oxygen atoms in total. The number of rotatable bonds is 4. The largest absolute Gasteiger partial charge is 0.423 e. The monoisotopic (exact) mass is 403 g/mol. The third kappa shape index (κ3) is 4.07. The number of thioether (sulfide) groups is 1. The van der Waals surface area contributed by atoms with Gasteiger partial charge in [-0.1, -0.05) is 15.9 Å². The van der Waals surface area contributed by atoms with E-state index in [1.807, 2.05) is 36.4 Å². The van der Waals surface area contributed by atoms with Gasteiger partial charge in [0.2, 0.25) is 5.91 Å².